The minimum atomic E-state index is -2.91. The van der Waals surface area contributed by atoms with Crippen LogP contribution in [0.3, 0.4) is 0 Å². The van der Waals surface area contributed by atoms with Crippen LogP contribution in [0, 0.1) is 5.92 Å². The van der Waals surface area contributed by atoms with Gasteiger partial charge in [0.25, 0.3) is 0 Å². The van der Waals surface area contributed by atoms with Gasteiger partial charge in [-0.25, -0.2) is 8.42 Å². The molecular weight excluding hydrogens is 250 g/mol. The van der Waals surface area contributed by atoms with Gasteiger partial charge in [0.2, 0.25) is 0 Å². The Kier molecular flexibility index (Phi) is 6.08. The van der Waals surface area contributed by atoms with Gasteiger partial charge >= 0.3 is 0 Å². The summed E-state index contributed by atoms with van der Waals surface area (Å²) in [6, 6.07) is 0.104. The predicted octanol–water partition coefficient (Wildman–Crippen LogP) is 1.73. The molecule has 4 nitrogen and oxygen atoms in total. The Morgan fingerprint density at radius 2 is 2.00 bits per heavy atom. The third-order valence-electron chi connectivity index (χ3n) is 4.19. The fourth-order valence-corrected chi connectivity index (χ4v) is 3.93. The van der Waals surface area contributed by atoms with E-state index in [1.165, 1.54) is 6.26 Å². The molecular formula is C13H27NO3S. The average Bonchev–Trinajstić information content (AvgIpc) is 2.34. The molecule has 0 amide bonds. The summed E-state index contributed by atoms with van der Waals surface area (Å²) in [5, 5.41) is -0.179. The van der Waals surface area contributed by atoms with Gasteiger partial charge in [0.15, 0.2) is 0 Å². The van der Waals surface area contributed by atoms with Crippen molar-refractivity contribution < 1.29 is 13.2 Å². The summed E-state index contributed by atoms with van der Waals surface area (Å²) in [5.74, 6) is 0.350. The third kappa shape index (κ3) is 4.86. The van der Waals surface area contributed by atoms with Crippen LogP contribution < -0.4 is 5.73 Å². The lowest BCUT2D eigenvalue weighted by molar-refractivity contribution is 0.104. The van der Waals surface area contributed by atoms with Crippen LogP contribution in [0.1, 0.15) is 45.4 Å². The molecule has 4 atom stereocenters. The molecule has 0 spiro atoms. The summed E-state index contributed by atoms with van der Waals surface area (Å²) < 4.78 is 28.4. The van der Waals surface area contributed by atoms with Gasteiger partial charge < -0.3 is 10.5 Å². The van der Waals surface area contributed by atoms with E-state index >= 15 is 0 Å². The Morgan fingerprint density at radius 1 is 1.33 bits per heavy atom. The van der Waals surface area contributed by atoms with Crippen molar-refractivity contribution in [3.8, 4) is 0 Å². The molecule has 18 heavy (non-hydrogen) atoms. The van der Waals surface area contributed by atoms with Crippen LogP contribution in [0.5, 0.6) is 0 Å². The lowest BCUT2D eigenvalue weighted by Gasteiger charge is -2.32. The molecule has 4 unspecified atom stereocenters. The molecule has 1 saturated carbocycles. The van der Waals surface area contributed by atoms with E-state index in [1.54, 1.807) is 7.11 Å². The van der Waals surface area contributed by atoms with Crippen molar-refractivity contribution in [2.45, 2.75) is 62.8 Å². The van der Waals surface area contributed by atoms with Crippen LogP contribution in [-0.4, -0.2) is 39.2 Å². The summed E-state index contributed by atoms with van der Waals surface area (Å²) >= 11 is 0. The van der Waals surface area contributed by atoms with Gasteiger partial charge in [-0.1, -0.05) is 6.42 Å². The summed E-state index contributed by atoms with van der Waals surface area (Å²) in [5.41, 5.74) is 6.21. The standard InChI is InChI=1S/C13H27NO3S/c1-10(17-2)7-8-13(14)11-5-4-6-12(9-11)18(3,15)16/h10-13H,4-9,14H2,1-3H3. The van der Waals surface area contributed by atoms with Crippen LogP contribution in [0.25, 0.3) is 0 Å². The number of ether oxygens (including phenoxy) is 1. The molecule has 2 N–H and O–H groups in total. The lowest BCUT2D eigenvalue weighted by atomic mass is 9.82. The Labute approximate surface area is 111 Å². The maximum Gasteiger partial charge on any atom is 0.150 e. The molecule has 0 heterocycles. The number of methoxy groups -OCH3 is 1. The van der Waals surface area contributed by atoms with Gasteiger partial charge in [-0.05, 0) is 44.9 Å². The zero-order valence-corrected chi connectivity index (χ0v) is 12.6. The zero-order valence-electron chi connectivity index (χ0n) is 11.8. The molecule has 0 aliphatic heterocycles. The monoisotopic (exact) mass is 277 g/mol. The quantitative estimate of drug-likeness (QED) is 0.803. The van der Waals surface area contributed by atoms with E-state index in [0.717, 1.165) is 38.5 Å². The highest BCUT2D eigenvalue weighted by molar-refractivity contribution is 7.91. The average molecular weight is 277 g/mol. The third-order valence-corrected chi connectivity index (χ3v) is 5.83. The van der Waals surface area contributed by atoms with Crippen LogP contribution in [0.4, 0.5) is 0 Å². The molecule has 108 valence electrons. The van der Waals surface area contributed by atoms with Crippen molar-refractivity contribution in [1.82, 2.24) is 0 Å². The molecule has 0 radical (unpaired) electrons. The van der Waals surface area contributed by atoms with Gasteiger partial charge in [-0.2, -0.15) is 0 Å². The molecule has 1 fully saturated rings. The number of nitrogens with two attached hydrogens (primary N) is 1. The molecule has 0 saturated heterocycles. The number of hydrogen-bond donors (Lipinski definition) is 1. The first-order valence-electron chi connectivity index (χ1n) is 6.81. The maximum absolute atomic E-state index is 11.6. The van der Waals surface area contributed by atoms with E-state index < -0.39 is 9.84 Å². The first-order chi connectivity index (χ1) is 8.34. The first-order valence-corrected chi connectivity index (χ1v) is 8.77. The number of rotatable bonds is 6. The Morgan fingerprint density at radius 3 is 2.56 bits per heavy atom. The highest BCUT2D eigenvalue weighted by atomic mass is 32.2. The molecule has 0 aromatic rings. The number of hydrogen-bond acceptors (Lipinski definition) is 4. The van der Waals surface area contributed by atoms with Crippen molar-refractivity contribution in [1.29, 1.82) is 0 Å². The highest BCUT2D eigenvalue weighted by Gasteiger charge is 2.31. The van der Waals surface area contributed by atoms with Gasteiger partial charge in [-0.15, -0.1) is 0 Å². The summed E-state index contributed by atoms with van der Waals surface area (Å²) in [7, 11) is -1.20. The summed E-state index contributed by atoms with van der Waals surface area (Å²) in [4.78, 5) is 0. The van der Waals surface area contributed by atoms with Gasteiger partial charge in [0.1, 0.15) is 9.84 Å². The van der Waals surface area contributed by atoms with E-state index in [4.69, 9.17) is 10.5 Å². The smallest absolute Gasteiger partial charge is 0.150 e. The fourth-order valence-electron chi connectivity index (χ4n) is 2.74. The van der Waals surface area contributed by atoms with E-state index in [9.17, 15) is 8.42 Å². The van der Waals surface area contributed by atoms with Gasteiger partial charge in [-0.3, -0.25) is 0 Å². The van der Waals surface area contributed by atoms with Crippen molar-refractivity contribution in [3.05, 3.63) is 0 Å². The Balaban J connectivity index is 2.46. The Hall–Kier alpha value is -0.130. The zero-order chi connectivity index (χ0) is 13.8. The van der Waals surface area contributed by atoms with Gasteiger partial charge in [0.05, 0.1) is 11.4 Å². The highest BCUT2D eigenvalue weighted by Crippen LogP contribution is 2.31. The van der Waals surface area contributed by atoms with Crippen molar-refractivity contribution in [2.24, 2.45) is 11.7 Å². The fraction of sp³-hybridized carbons (Fsp3) is 1.00. The Bertz CT molecular complexity index is 342. The SMILES string of the molecule is COC(C)CCC(N)C1CCCC(S(C)(=O)=O)C1. The molecule has 0 aromatic carbocycles. The molecule has 1 aliphatic carbocycles. The van der Waals surface area contributed by atoms with Crippen molar-refractivity contribution in [2.75, 3.05) is 13.4 Å². The maximum atomic E-state index is 11.6. The van der Waals surface area contributed by atoms with Crippen LogP contribution in [0.15, 0.2) is 0 Å². The van der Waals surface area contributed by atoms with Gasteiger partial charge in [0, 0.05) is 19.4 Å². The molecule has 5 heteroatoms. The minimum Gasteiger partial charge on any atom is -0.382 e. The lowest BCUT2D eigenvalue weighted by Crippen LogP contribution is -2.38. The largest absolute Gasteiger partial charge is 0.382 e. The molecule has 1 aliphatic rings. The first kappa shape index (κ1) is 15.9. The van der Waals surface area contributed by atoms with Crippen molar-refractivity contribution in [3.63, 3.8) is 0 Å². The summed E-state index contributed by atoms with van der Waals surface area (Å²) in [6.45, 7) is 2.03. The van der Waals surface area contributed by atoms with Crippen LogP contribution in [0.2, 0.25) is 0 Å². The van der Waals surface area contributed by atoms with E-state index in [2.05, 4.69) is 0 Å². The second-order valence-corrected chi connectivity index (χ2v) is 7.99. The van der Waals surface area contributed by atoms with Crippen LogP contribution in [-0.2, 0) is 14.6 Å². The number of sulfone groups is 1. The second kappa shape index (κ2) is 6.87. The molecule has 0 bridgehead atoms. The second-order valence-electron chi connectivity index (χ2n) is 5.67. The molecule has 0 aromatic heterocycles. The normalized spacial score (nSPS) is 28.9. The van der Waals surface area contributed by atoms with E-state index in [1.807, 2.05) is 6.92 Å². The summed E-state index contributed by atoms with van der Waals surface area (Å²) in [6.07, 6.45) is 7.01. The predicted molar refractivity (Wildman–Crippen MR) is 74.3 cm³/mol. The van der Waals surface area contributed by atoms with E-state index in [0.29, 0.717) is 5.92 Å². The molecule has 1 rings (SSSR count). The topological polar surface area (TPSA) is 69.4 Å². The van der Waals surface area contributed by atoms with Crippen LogP contribution >= 0.6 is 0 Å². The van der Waals surface area contributed by atoms with Crippen molar-refractivity contribution >= 4 is 9.84 Å². The minimum absolute atomic E-state index is 0.104. The van der Waals surface area contributed by atoms with E-state index in [-0.39, 0.29) is 17.4 Å².